The highest BCUT2D eigenvalue weighted by Crippen LogP contribution is 2.43. The number of hydrogen-bond donors (Lipinski definition) is 0. The first-order valence-electron chi connectivity index (χ1n) is 5.66. The second kappa shape index (κ2) is 3.42. The number of likely N-dealkylation sites (N-methyl/N-ethyl adjacent to an activating group) is 1. The summed E-state index contributed by atoms with van der Waals surface area (Å²) in [5.41, 5.74) is 1.40. The predicted molar refractivity (Wildman–Crippen MR) is 71.0 cm³/mol. The maximum atomic E-state index is 12.2. The molecule has 1 aromatic heterocycles. The van der Waals surface area contributed by atoms with E-state index >= 15 is 0 Å². The molecule has 4 nitrogen and oxygen atoms in total. The van der Waals surface area contributed by atoms with Crippen LogP contribution in [0.25, 0.3) is 10.8 Å². The van der Waals surface area contributed by atoms with E-state index < -0.39 is 5.41 Å². The van der Waals surface area contributed by atoms with Crippen LogP contribution in [0.2, 0.25) is 5.15 Å². The van der Waals surface area contributed by atoms with Gasteiger partial charge in [0.05, 0.1) is 11.6 Å². The molecule has 0 saturated heterocycles. The molecular weight excluding hydrogens is 250 g/mol. The van der Waals surface area contributed by atoms with Gasteiger partial charge in [-0.25, -0.2) is 0 Å². The number of carbonyl (C=O) groups is 1. The molecule has 3 rings (SSSR count). The molecule has 1 aromatic carbocycles. The van der Waals surface area contributed by atoms with Crippen molar-refractivity contribution < 1.29 is 4.79 Å². The molecular formula is C13H12ClN3O. The first kappa shape index (κ1) is 11.4. The Morgan fingerprint density at radius 3 is 2.78 bits per heavy atom. The molecule has 0 spiro atoms. The molecule has 1 amide bonds. The van der Waals surface area contributed by atoms with Crippen molar-refractivity contribution in [3.63, 3.8) is 0 Å². The van der Waals surface area contributed by atoms with Crippen LogP contribution in [0.4, 0.5) is 5.69 Å². The molecule has 5 heteroatoms. The van der Waals surface area contributed by atoms with Gasteiger partial charge in [0.2, 0.25) is 5.91 Å². The van der Waals surface area contributed by atoms with Gasteiger partial charge in [0, 0.05) is 23.5 Å². The van der Waals surface area contributed by atoms with Crippen LogP contribution in [0.5, 0.6) is 0 Å². The minimum absolute atomic E-state index is 0.0878. The normalized spacial score (nSPS) is 17.3. The van der Waals surface area contributed by atoms with Gasteiger partial charge in [-0.1, -0.05) is 11.6 Å². The molecule has 18 heavy (non-hydrogen) atoms. The lowest BCUT2D eigenvalue weighted by Crippen LogP contribution is -2.33. The van der Waals surface area contributed by atoms with Crippen molar-refractivity contribution in [2.75, 3.05) is 11.9 Å². The van der Waals surface area contributed by atoms with Gasteiger partial charge >= 0.3 is 0 Å². The number of halogens is 1. The summed E-state index contributed by atoms with van der Waals surface area (Å²) in [6.45, 7) is 3.86. The lowest BCUT2D eigenvalue weighted by atomic mass is 9.85. The fourth-order valence-electron chi connectivity index (χ4n) is 2.51. The number of anilines is 1. The molecule has 0 unspecified atom stereocenters. The molecule has 0 atom stereocenters. The Balaban J connectivity index is 2.40. The van der Waals surface area contributed by atoms with Crippen molar-refractivity contribution in [1.82, 2.24) is 10.2 Å². The summed E-state index contributed by atoms with van der Waals surface area (Å²) in [6, 6.07) is 3.89. The van der Waals surface area contributed by atoms with Gasteiger partial charge in [-0.3, -0.25) is 4.79 Å². The summed E-state index contributed by atoms with van der Waals surface area (Å²) in [5, 5.41) is 9.76. The van der Waals surface area contributed by atoms with Gasteiger partial charge in [-0.05, 0) is 31.5 Å². The van der Waals surface area contributed by atoms with Gasteiger partial charge in [-0.2, -0.15) is 5.10 Å². The first-order valence-corrected chi connectivity index (χ1v) is 6.04. The number of aromatic nitrogens is 2. The molecule has 0 aliphatic carbocycles. The van der Waals surface area contributed by atoms with Crippen LogP contribution in [-0.2, 0) is 10.2 Å². The van der Waals surface area contributed by atoms with Crippen LogP contribution in [0, 0.1) is 0 Å². The lowest BCUT2D eigenvalue weighted by Gasteiger charge is -2.16. The van der Waals surface area contributed by atoms with E-state index in [9.17, 15) is 4.79 Å². The van der Waals surface area contributed by atoms with E-state index in [2.05, 4.69) is 10.2 Å². The van der Waals surface area contributed by atoms with E-state index in [-0.39, 0.29) is 5.91 Å². The molecule has 92 valence electrons. The highest BCUT2D eigenvalue weighted by molar-refractivity contribution is 6.34. The highest BCUT2D eigenvalue weighted by atomic mass is 35.5. The lowest BCUT2D eigenvalue weighted by molar-refractivity contribution is -0.121. The first-order chi connectivity index (χ1) is 8.43. The zero-order chi connectivity index (χ0) is 13.1. The van der Waals surface area contributed by atoms with E-state index in [1.54, 1.807) is 18.1 Å². The van der Waals surface area contributed by atoms with Gasteiger partial charge in [0.15, 0.2) is 5.15 Å². The Labute approximate surface area is 110 Å². The maximum absolute atomic E-state index is 12.2. The van der Waals surface area contributed by atoms with E-state index in [0.29, 0.717) is 5.15 Å². The van der Waals surface area contributed by atoms with Crippen molar-refractivity contribution in [2.24, 2.45) is 0 Å². The van der Waals surface area contributed by atoms with Crippen LogP contribution < -0.4 is 4.90 Å². The largest absolute Gasteiger partial charge is 0.314 e. The molecule has 0 fully saturated rings. The zero-order valence-corrected chi connectivity index (χ0v) is 11.1. The van der Waals surface area contributed by atoms with E-state index in [0.717, 1.165) is 22.0 Å². The van der Waals surface area contributed by atoms with Crippen molar-refractivity contribution >= 4 is 34.0 Å². The molecule has 1 aliphatic rings. The second-order valence-corrected chi connectivity index (χ2v) is 5.44. The SMILES string of the molecule is CN1C(=O)C(C)(C)c2cc3cnnc(Cl)c3cc21. The summed E-state index contributed by atoms with van der Waals surface area (Å²) < 4.78 is 0. The number of hydrogen-bond acceptors (Lipinski definition) is 3. The molecule has 2 heterocycles. The fourth-order valence-corrected chi connectivity index (χ4v) is 2.72. The molecule has 2 aromatic rings. The van der Waals surface area contributed by atoms with Crippen LogP contribution in [0.15, 0.2) is 18.3 Å². The number of nitrogens with zero attached hydrogens (tertiary/aromatic N) is 3. The number of benzene rings is 1. The van der Waals surface area contributed by atoms with Crippen molar-refractivity contribution in [1.29, 1.82) is 0 Å². The smallest absolute Gasteiger partial charge is 0.236 e. The van der Waals surface area contributed by atoms with Gasteiger partial charge < -0.3 is 4.90 Å². The summed E-state index contributed by atoms with van der Waals surface area (Å²) in [7, 11) is 1.78. The van der Waals surface area contributed by atoms with Crippen LogP contribution in [0.3, 0.4) is 0 Å². The van der Waals surface area contributed by atoms with Gasteiger partial charge in [-0.15, -0.1) is 5.10 Å². The fraction of sp³-hybridized carbons (Fsp3) is 0.308. The van der Waals surface area contributed by atoms with E-state index in [1.807, 2.05) is 26.0 Å². The standard InChI is InChI=1S/C13H12ClN3O/c1-13(2)9-4-7-6-15-16-11(14)8(7)5-10(9)17(3)12(13)18/h4-6H,1-3H3. The van der Waals surface area contributed by atoms with E-state index in [1.165, 1.54) is 0 Å². The topological polar surface area (TPSA) is 46.1 Å². The molecule has 0 N–H and O–H groups in total. The van der Waals surface area contributed by atoms with Crippen molar-refractivity contribution in [3.8, 4) is 0 Å². The second-order valence-electron chi connectivity index (χ2n) is 5.08. The summed E-state index contributed by atoms with van der Waals surface area (Å²) in [5.74, 6) is 0.0878. The summed E-state index contributed by atoms with van der Waals surface area (Å²) >= 11 is 6.04. The zero-order valence-electron chi connectivity index (χ0n) is 10.4. The van der Waals surface area contributed by atoms with Crippen molar-refractivity contribution in [2.45, 2.75) is 19.3 Å². The van der Waals surface area contributed by atoms with Crippen molar-refractivity contribution in [3.05, 3.63) is 29.0 Å². The quantitative estimate of drug-likeness (QED) is 0.732. The molecule has 1 aliphatic heterocycles. The third-order valence-corrected chi connectivity index (χ3v) is 3.89. The number of fused-ring (bicyclic) bond motifs is 2. The monoisotopic (exact) mass is 261 g/mol. The molecule has 0 saturated carbocycles. The molecule has 0 radical (unpaired) electrons. The Morgan fingerprint density at radius 2 is 2.06 bits per heavy atom. The summed E-state index contributed by atoms with van der Waals surface area (Å²) in [4.78, 5) is 13.9. The average molecular weight is 262 g/mol. The predicted octanol–water partition coefficient (Wildman–Crippen LogP) is 2.54. The Hall–Kier alpha value is -1.68. The van der Waals surface area contributed by atoms with E-state index in [4.69, 9.17) is 11.6 Å². The Kier molecular flexibility index (Phi) is 2.17. The minimum atomic E-state index is -0.506. The number of rotatable bonds is 0. The number of carbonyl (C=O) groups excluding carboxylic acids is 1. The Morgan fingerprint density at radius 1 is 1.33 bits per heavy atom. The van der Waals surface area contributed by atoms with Gasteiger partial charge in [0.25, 0.3) is 0 Å². The number of amides is 1. The van der Waals surface area contributed by atoms with Crippen LogP contribution in [0.1, 0.15) is 19.4 Å². The van der Waals surface area contributed by atoms with Crippen LogP contribution in [-0.4, -0.2) is 23.2 Å². The third-order valence-electron chi connectivity index (χ3n) is 3.61. The van der Waals surface area contributed by atoms with Gasteiger partial charge in [0.1, 0.15) is 0 Å². The van der Waals surface area contributed by atoms with Crippen LogP contribution >= 0.6 is 11.6 Å². The third kappa shape index (κ3) is 1.29. The highest BCUT2D eigenvalue weighted by Gasteiger charge is 2.42. The average Bonchev–Trinajstić information content (AvgIpc) is 2.50. The molecule has 0 bridgehead atoms. The summed E-state index contributed by atoms with van der Waals surface area (Å²) in [6.07, 6.45) is 1.67. The minimum Gasteiger partial charge on any atom is -0.314 e. The Bertz CT molecular complexity index is 681. The maximum Gasteiger partial charge on any atom is 0.236 e.